The molecule has 0 bridgehead atoms. The van der Waals surface area contributed by atoms with Crippen LogP contribution in [0.2, 0.25) is 0 Å². The molecule has 0 amide bonds. The Bertz CT molecular complexity index is 941. The van der Waals surface area contributed by atoms with Crippen LogP contribution in [0.1, 0.15) is 120 Å². The monoisotopic (exact) mass is 514 g/mol. The molecule has 0 radical (unpaired) electrons. The zero-order valence-electron chi connectivity index (χ0n) is 25.2. The zero-order valence-corrected chi connectivity index (χ0v) is 25.2. The van der Waals surface area contributed by atoms with Gasteiger partial charge in [-0.05, 0) is 116 Å². The Morgan fingerprint density at radius 3 is 2.11 bits per heavy atom. The molecule has 0 aromatic rings. The van der Waals surface area contributed by atoms with E-state index in [2.05, 4.69) is 48.5 Å². The number of hydrogen-bond donors (Lipinski definition) is 0. The standard InChI is InChI=1S/C33H54O4/c1-20-12-17-33(28(35)36-9)19-18-31(7)23(27(33)21(20)2)10-11-25-30(6)15-14-26(37-22(3)34)29(4,5)24(30)13-16-32(25,31)8/h20-21,23-27H,10-19H2,1-9H3/t20-,21+,23-,24+,25-,26+,27+,30+,31-,32-,33-/m1/s1. The Kier molecular flexibility index (Phi) is 6.48. The van der Waals surface area contributed by atoms with Gasteiger partial charge in [0, 0.05) is 12.3 Å². The van der Waals surface area contributed by atoms with Crippen LogP contribution in [0.3, 0.4) is 0 Å². The third-order valence-corrected chi connectivity index (χ3v) is 14.4. The first-order valence-electron chi connectivity index (χ1n) is 15.4. The second kappa shape index (κ2) is 8.72. The van der Waals surface area contributed by atoms with Gasteiger partial charge in [-0.2, -0.15) is 0 Å². The fraction of sp³-hybridized carbons (Fsp3) is 0.939. The number of rotatable bonds is 2. The van der Waals surface area contributed by atoms with Crippen LogP contribution in [-0.2, 0) is 19.1 Å². The molecule has 0 aliphatic heterocycles. The van der Waals surface area contributed by atoms with Crippen LogP contribution in [0.4, 0.5) is 0 Å². The number of methoxy groups -OCH3 is 1. The predicted octanol–water partition coefficient (Wildman–Crippen LogP) is 7.83. The average molecular weight is 515 g/mol. The molecule has 5 aliphatic carbocycles. The SMILES string of the molecule is COC(=O)[C@@]12CC[C@@H](C)[C@H](C)[C@H]1[C@H]1CC[C@@H]3[C@@]4(C)CC[C@H](OC(C)=O)C(C)(C)[C@@H]4CC[C@@]3(C)[C@]1(C)CC2. The topological polar surface area (TPSA) is 52.6 Å². The van der Waals surface area contributed by atoms with Gasteiger partial charge in [0.05, 0.1) is 12.5 Å². The number of esters is 2. The summed E-state index contributed by atoms with van der Waals surface area (Å²) < 4.78 is 11.5. The van der Waals surface area contributed by atoms with E-state index in [1.54, 1.807) is 14.0 Å². The Morgan fingerprint density at radius 1 is 0.757 bits per heavy atom. The molecule has 5 rings (SSSR count). The van der Waals surface area contributed by atoms with Crippen LogP contribution >= 0.6 is 0 Å². The number of fused-ring (bicyclic) bond motifs is 7. The molecule has 0 aromatic carbocycles. The lowest BCUT2D eigenvalue weighted by Crippen LogP contribution is -2.68. The van der Waals surface area contributed by atoms with Gasteiger partial charge in [0.15, 0.2) is 0 Å². The first-order valence-corrected chi connectivity index (χ1v) is 15.4. The maximum Gasteiger partial charge on any atom is 0.312 e. The van der Waals surface area contributed by atoms with E-state index >= 15 is 0 Å². The van der Waals surface area contributed by atoms with Gasteiger partial charge in [0.2, 0.25) is 0 Å². The van der Waals surface area contributed by atoms with Gasteiger partial charge in [-0.3, -0.25) is 9.59 Å². The summed E-state index contributed by atoms with van der Waals surface area (Å²) in [7, 11) is 1.61. The van der Waals surface area contributed by atoms with Crippen molar-refractivity contribution in [2.75, 3.05) is 7.11 Å². The normalized spacial score (nSPS) is 52.5. The lowest BCUT2D eigenvalue weighted by atomic mass is 9.31. The lowest BCUT2D eigenvalue weighted by molar-refractivity contribution is -0.260. The second-order valence-corrected chi connectivity index (χ2v) is 15.7. The molecule has 0 N–H and O–H groups in total. The summed E-state index contributed by atoms with van der Waals surface area (Å²) in [5.74, 6) is 3.44. The third-order valence-electron chi connectivity index (χ3n) is 14.4. The predicted molar refractivity (Wildman–Crippen MR) is 147 cm³/mol. The summed E-state index contributed by atoms with van der Waals surface area (Å²) in [6, 6.07) is 0. The van der Waals surface area contributed by atoms with Crippen molar-refractivity contribution in [1.29, 1.82) is 0 Å². The van der Waals surface area contributed by atoms with Crippen molar-refractivity contribution in [2.24, 2.45) is 62.6 Å². The van der Waals surface area contributed by atoms with Crippen LogP contribution in [0.15, 0.2) is 0 Å². The smallest absolute Gasteiger partial charge is 0.312 e. The minimum atomic E-state index is -0.279. The van der Waals surface area contributed by atoms with E-state index in [0.29, 0.717) is 35.5 Å². The highest BCUT2D eigenvalue weighted by Crippen LogP contribution is 2.77. The van der Waals surface area contributed by atoms with Gasteiger partial charge in [-0.1, -0.05) is 48.5 Å². The summed E-state index contributed by atoms with van der Waals surface area (Å²) in [6.07, 6.45) is 11.5. The van der Waals surface area contributed by atoms with E-state index in [1.165, 1.54) is 25.7 Å². The molecule has 5 saturated carbocycles. The van der Waals surface area contributed by atoms with Crippen molar-refractivity contribution in [3.05, 3.63) is 0 Å². The summed E-state index contributed by atoms with van der Waals surface area (Å²) in [5, 5.41) is 0. The van der Waals surface area contributed by atoms with Crippen LogP contribution in [0.25, 0.3) is 0 Å². The van der Waals surface area contributed by atoms with E-state index in [9.17, 15) is 9.59 Å². The first kappa shape index (κ1) is 27.5. The molecule has 0 saturated heterocycles. The van der Waals surface area contributed by atoms with Crippen LogP contribution < -0.4 is 0 Å². The van der Waals surface area contributed by atoms with E-state index in [-0.39, 0.29) is 45.1 Å². The molecule has 5 aliphatic rings. The molecular formula is C33H54O4. The van der Waals surface area contributed by atoms with Gasteiger partial charge in [-0.15, -0.1) is 0 Å². The fourth-order valence-corrected chi connectivity index (χ4v) is 12.2. The molecule has 0 heterocycles. The Morgan fingerprint density at radius 2 is 1.46 bits per heavy atom. The van der Waals surface area contributed by atoms with Crippen molar-refractivity contribution in [1.82, 2.24) is 0 Å². The quantitative estimate of drug-likeness (QED) is 0.352. The molecule has 0 unspecified atom stereocenters. The molecular weight excluding hydrogens is 460 g/mol. The van der Waals surface area contributed by atoms with E-state index < -0.39 is 0 Å². The van der Waals surface area contributed by atoms with Crippen molar-refractivity contribution >= 4 is 11.9 Å². The summed E-state index contributed by atoms with van der Waals surface area (Å²) in [6.45, 7) is 19.1. The van der Waals surface area contributed by atoms with Crippen LogP contribution in [0, 0.1) is 62.6 Å². The maximum atomic E-state index is 13.5. The summed E-state index contributed by atoms with van der Waals surface area (Å²) in [5.41, 5.74) is 0.503. The van der Waals surface area contributed by atoms with Crippen molar-refractivity contribution < 1.29 is 19.1 Å². The fourth-order valence-electron chi connectivity index (χ4n) is 12.2. The maximum absolute atomic E-state index is 13.5. The lowest BCUT2D eigenvalue weighted by Gasteiger charge is -2.73. The van der Waals surface area contributed by atoms with Crippen molar-refractivity contribution in [3.8, 4) is 0 Å². The number of carbonyl (C=O) groups excluding carboxylic acids is 2. The molecule has 4 heteroatoms. The molecule has 37 heavy (non-hydrogen) atoms. The van der Waals surface area contributed by atoms with E-state index in [4.69, 9.17) is 9.47 Å². The number of hydrogen-bond acceptors (Lipinski definition) is 4. The van der Waals surface area contributed by atoms with Crippen LogP contribution in [-0.4, -0.2) is 25.2 Å². The molecule has 0 spiro atoms. The zero-order chi connectivity index (χ0) is 27.2. The minimum absolute atomic E-state index is 0.00231. The van der Waals surface area contributed by atoms with Gasteiger partial charge >= 0.3 is 11.9 Å². The van der Waals surface area contributed by atoms with Crippen LogP contribution in [0.5, 0.6) is 0 Å². The van der Waals surface area contributed by atoms with Crippen molar-refractivity contribution in [2.45, 2.75) is 126 Å². The largest absolute Gasteiger partial charge is 0.469 e. The van der Waals surface area contributed by atoms with Gasteiger partial charge in [-0.25, -0.2) is 0 Å². The van der Waals surface area contributed by atoms with Crippen molar-refractivity contribution in [3.63, 3.8) is 0 Å². The van der Waals surface area contributed by atoms with E-state index in [0.717, 1.165) is 38.5 Å². The molecule has 4 nitrogen and oxygen atoms in total. The molecule has 5 fully saturated rings. The number of ether oxygens (including phenoxy) is 2. The Balaban J connectivity index is 1.52. The second-order valence-electron chi connectivity index (χ2n) is 15.7. The van der Waals surface area contributed by atoms with Gasteiger partial charge < -0.3 is 9.47 Å². The van der Waals surface area contributed by atoms with E-state index in [1.807, 2.05) is 0 Å². The highest BCUT2D eigenvalue weighted by molar-refractivity contribution is 5.77. The highest BCUT2D eigenvalue weighted by Gasteiger charge is 2.71. The highest BCUT2D eigenvalue weighted by atomic mass is 16.5. The molecule has 0 aromatic heterocycles. The van der Waals surface area contributed by atoms with Gasteiger partial charge in [0.25, 0.3) is 0 Å². The average Bonchev–Trinajstić information content (AvgIpc) is 2.83. The molecule has 11 atom stereocenters. The first-order chi connectivity index (χ1) is 17.2. The van der Waals surface area contributed by atoms with Gasteiger partial charge in [0.1, 0.15) is 6.10 Å². The Labute approximate surface area is 226 Å². The third kappa shape index (κ3) is 3.51. The minimum Gasteiger partial charge on any atom is -0.469 e. The molecule has 210 valence electrons. The Hall–Kier alpha value is -1.06. The summed E-state index contributed by atoms with van der Waals surface area (Å²) in [4.78, 5) is 25.4. The summed E-state index contributed by atoms with van der Waals surface area (Å²) >= 11 is 0. The number of carbonyl (C=O) groups is 2.